The van der Waals surface area contributed by atoms with Crippen molar-refractivity contribution >= 4 is 23.2 Å². The Labute approximate surface area is 125 Å². The van der Waals surface area contributed by atoms with Gasteiger partial charge in [-0.3, -0.25) is 0 Å². The monoisotopic (exact) mass is 318 g/mol. The standard InChI is InChI=1S/C15H11Cl2F3/c16-11-5-3-4-10(8-11)9-14(17)12-6-1-2-7-13(12)15(18,19)20/h1-8,14H,9H2. The van der Waals surface area contributed by atoms with Crippen molar-refractivity contribution < 1.29 is 13.2 Å². The van der Waals surface area contributed by atoms with Crippen molar-refractivity contribution in [3.8, 4) is 0 Å². The third-order valence-corrected chi connectivity index (χ3v) is 3.53. The maximum atomic E-state index is 12.9. The van der Waals surface area contributed by atoms with E-state index in [9.17, 15) is 13.2 Å². The van der Waals surface area contributed by atoms with Crippen molar-refractivity contribution in [2.75, 3.05) is 0 Å². The molecule has 0 aliphatic rings. The van der Waals surface area contributed by atoms with E-state index >= 15 is 0 Å². The van der Waals surface area contributed by atoms with Gasteiger partial charge in [-0.1, -0.05) is 41.9 Å². The Morgan fingerprint density at radius 3 is 2.35 bits per heavy atom. The summed E-state index contributed by atoms with van der Waals surface area (Å²) in [6.07, 6.45) is -4.12. The lowest BCUT2D eigenvalue weighted by atomic mass is 9.99. The SMILES string of the molecule is FC(F)(F)c1ccccc1C(Cl)Cc1cccc(Cl)c1. The maximum Gasteiger partial charge on any atom is 0.416 e. The molecule has 0 fully saturated rings. The molecule has 0 aliphatic heterocycles. The average molecular weight is 319 g/mol. The van der Waals surface area contributed by atoms with Crippen molar-refractivity contribution in [3.05, 3.63) is 70.2 Å². The Bertz CT molecular complexity index is 594. The molecule has 20 heavy (non-hydrogen) atoms. The van der Waals surface area contributed by atoms with Crippen LogP contribution >= 0.6 is 23.2 Å². The van der Waals surface area contributed by atoms with E-state index in [1.807, 2.05) is 0 Å². The van der Waals surface area contributed by atoms with Gasteiger partial charge in [0.2, 0.25) is 0 Å². The lowest BCUT2D eigenvalue weighted by Crippen LogP contribution is -2.11. The predicted octanol–water partition coefficient (Wildman–Crippen LogP) is 5.88. The van der Waals surface area contributed by atoms with E-state index in [1.54, 1.807) is 30.3 Å². The molecule has 2 aromatic carbocycles. The van der Waals surface area contributed by atoms with Gasteiger partial charge in [0.05, 0.1) is 10.9 Å². The first kappa shape index (κ1) is 15.2. The van der Waals surface area contributed by atoms with Gasteiger partial charge in [-0.25, -0.2) is 0 Å². The van der Waals surface area contributed by atoms with E-state index in [0.29, 0.717) is 5.02 Å². The average Bonchev–Trinajstić information content (AvgIpc) is 2.37. The molecule has 0 heterocycles. The summed E-state index contributed by atoms with van der Waals surface area (Å²) in [6.45, 7) is 0. The molecule has 5 heteroatoms. The second-order valence-corrected chi connectivity index (χ2v) is 5.35. The summed E-state index contributed by atoms with van der Waals surface area (Å²) in [5.41, 5.74) is 0.193. The van der Waals surface area contributed by atoms with Gasteiger partial charge in [-0.05, 0) is 35.7 Å². The molecule has 1 atom stereocenters. The number of benzene rings is 2. The zero-order chi connectivity index (χ0) is 14.8. The van der Waals surface area contributed by atoms with Crippen molar-refractivity contribution in [3.63, 3.8) is 0 Å². The Morgan fingerprint density at radius 1 is 1.00 bits per heavy atom. The fourth-order valence-corrected chi connectivity index (χ4v) is 2.59. The molecule has 0 amide bonds. The number of hydrogen-bond donors (Lipinski definition) is 0. The smallest absolute Gasteiger partial charge is 0.166 e. The number of hydrogen-bond acceptors (Lipinski definition) is 0. The third kappa shape index (κ3) is 3.68. The molecule has 0 saturated heterocycles. The van der Waals surface area contributed by atoms with Crippen LogP contribution in [-0.2, 0) is 12.6 Å². The van der Waals surface area contributed by atoms with Gasteiger partial charge in [-0.2, -0.15) is 13.2 Å². The Balaban J connectivity index is 2.28. The van der Waals surface area contributed by atoms with Gasteiger partial charge in [0.15, 0.2) is 0 Å². The van der Waals surface area contributed by atoms with Crippen LogP contribution in [0.15, 0.2) is 48.5 Å². The fourth-order valence-electron chi connectivity index (χ4n) is 2.01. The summed E-state index contributed by atoms with van der Waals surface area (Å²) in [5, 5.41) is -0.221. The van der Waals surface area contributed by atoms with Crippen LogP contribution in [0.1, 0.15) is 22.1 Å². The van der Waals surface area contributed by atoms with Gasteiger partial charge in [0.1, 0.15) is 0 Å². The molecule has 106 valence electrons. The van der Waals surface area contributed by atoms with E-state index in [1.165, 1.54) is 12.1 Å². The molecule has 0 aliphatic carbocycles. The Hall–Kier alpha value is -1.19. The summed E-state index contributed by atoms with van der Waals surface area (Å²) >= 11 is 12.0. The van der Waals surface area contributed by atoms with Crippen LogP contribution in [0.4, 0.5) is 13.2 Å². The highest BCUT2D eigenvalue weighted by Gasteiger charge is 2.34. The zero-order valence-electron chi connectivity index (χ0n) is 10.3. The highest BCUT2D eigenvalue weighted by Crippen LogP contribution is 2.37. The van der Waals surface area contributed by atoms with E-state index in [-0.39, 0.29) is 12.0 Å². The minimum absolute atomic E-state index is 0.0849. The molecule has 0 aromatic heterocycles. The number of halogens is 5. The second-order valence-electron chi connectivity index (χ2n) is 4.39. The summed E-state index contributed by atoms with van der Waals surface area (Å²) in [4.78, 5) is 0. The van der Waals surface area contributed by atoms with E-state index in [2.05, 4.69) is 0 Å². The first-order chi connectivity index (χ1) is 9.38. The first-order valence-corrected chi connectivity index (χ1v) is 6.74. The van der Waals surface area contributed by atoms with Crippen molar-refractivity contribution in [1.82, 2.24) is 0 Å². The van der Waals surface area contributed by atoms with Gasteiger partial charge in [0, 0.05) is 5.02 Å². The first-order valence-electron chi connectivity index (χ1n) is 5.92. The van der Waals surface area contributed by atoms with Gasteiger partial charge in [-0.15, -0.1) is 11.6 Å². The van der Waals surface area contributed by atoms with Crippen molar-refractivity contribution in [2.24, 2.45) is 0 Å². The van der Waals surface area contributed by atoms with Crippen LogP contribution in [0.5, 0.6) is 0 Å². The highest BCUT2D eigenvalue weighted by atomic mass is 35.5. The van der Waals surface area contributed by atoms with Crippen molar-refractivity contribution in [1.29, 1.82) is 0 Å². The van der Waals surface area contributed by atoms with Crippen LogP contribution < -0.4 is 0 Å². The normalized spacial score (nSPS) is 13.2. The Morgan fingerprint density at radius 2 is 1.70 bits per heavy atom. The van der Waals surface area contributed by atoms with Gasteiger partial charge >= 0.3 is 6.18 Å². The lowest BCUT2D eigenvalue weighted by molar-refractivity contribution is -0.138. The molecule has 0 saturated carbocycles. The quantitative estimate of drug-likeness (QED) is 0.620. The maximum absolute atomic E-state index is 12.9. The molecule has 0 spiro atoms. The summed E-state index contributed by atoms with van der Waals surface area (Å²) in [7, 11) is 0. The highest BCUT2D eigenvalue weighted by molar-refractivity contribution is 6.30. The lowest BCUT2D eigenvalue weighted by Gasteiger charge is -2.17. The zero-order valence-corrected chi connectivity index (χ0v) is 11.8. The molecule has 1 unspecified atom stereocenters. The summed E-state index contributed by atoms with van der Waals surface area (Å²) < 4.78 is 38.8. The fraction of sp³-hybridized carbons (Fsp3) is 0.200. The van der Waals surface area contributed by atoms with Crippen LogP contribution in [-0.4, -0.2) is 0 Å². The van der Waals surface area contributed by atoms with Gasteiger partial charge < -0.3 is 0 Å². The Kier molecular flexibility index (Phi) is 4.61. The number of rotatable bonds is 3. The second kappa shape index (κ2) is 6.06. The topological polar surface area (TPSA) is 0 Å². The largest absolute Gasteiger partial charge is 0.416 e. The van der Waals surface area contributed by atoms with E-state index < -0.39 is 17.1 Å². The van der Waals surface area contributed by atoms with Crippen LogP contribution in [0, 0.1) is 0 Å². The molecule has 0 radical (unpaired) electrons. The molecule has 0 bridgehead atoms. The van der Waals surface area contributed by atoms with Crippen molar-refractivity contribution in [2.45, 2.75) is 18.0 Å². The van der Waals surface area contributed by atoms with Crippen LogP contribution in [0.25, 0.3) is 0 Å². The van der Waals surface area contributed by atoms with Crippen LogP contribution in [0.2, 0.25) is 5.02 Å². The third-order valence-electron chi connectivity index (χ3n) is 2.91. The molecule has 0 nitrogen and oxygen atoms in total. The molecule has 2 rings (SSSR count). The van der Waals surface area contributed by atoms with E-state index in [0.717, 1.165) is 11.6 Å². The molecular formula is C15H11Cl2F3. The van der Waals surface area contributed by atoms with E-state index in [4.69, 9.17) is 23.2 Å². The predicted molar refractivity (Wildman–Crippen MR) is 75.2 cm³/mol. The summed E-state index contributed by atoms with van der Waals surface area (Å²) in [5.74, 6) is 0. The minimum atomic E-state index is -4.40. The number of alkyl halides is 4. The summed E-state index contributed by atoms with van der Waals surface area (Å²) in [6, 6.07) is 12.3. The van der Waals surface area contributed by atoms with Crippen LogP contribution in [0.3, 0.4) is 0 Å². The van der Waals surface area contributed by atoms with Gasteiger partial charge in [0.25, 0.3) is 0 Å². The molecular weight excluding hydrogens is 308 g/mol. The minimum Gasteiger partial charge on any atom is -0.166 e. The molecule has 2 aromatic rings. The molecule has 0 N–H and O–H groups in total.